The van der Waals surface area contributed by atoms with Gasteiger partial charge in [0.05, 0.1) is 12.7 Å². The minimum absolute atomic E-state index is 0.00601. The van der Waals surface area contributed by atoms with Gasteiger partial charge < -0.3 is 20.8 Å². The second-order valence-corrected chi connectivity index (χ2v) is 5.60. The lowest BCUT2D eigenvalue weighted by molar-refractivity contribution is 0.0965. The zero-order valence-corrected chi connectivity index (χ0v) is 12.5. The number of thiophene rings is 1. The summed E-state index contributed by atoms with van der Waals surface area (Å²) in [5.74, 6) is 0. The molecule has 0 fully saturated rings. The Kier molecular flexibility index (Phi) is 5.32. The van der Waals surface area contributed by atoms with Gasteiger partial charge in [0, 0.05) is 17.1 Å². The van der Waals surface area contributed by atoms with Gasteiger partial charge >= 0.3 is 6.03 Å². The third kappa shape index (κ3) is 4.29. The van der Waals surface area contributed by atoms with Crippen LogP contribution in [0, 0.1) is 6.92 Å². The van der Waals surface area contributed by atoms with Gasteiger partial charge in [0.2, 0.25) is 0 Å². The highest BCUT2D eigenvalue weighted by atomic mass is 32.1. The predicted molar refractivity (Wildman–Crippen MR) is 84.6 cm³/mol. The van der Waals surface area contributed by atoms with Gasteiger partial charge in [-0.1, -0.05) is 12.1 Å². The number of carbonyl (C=O) groups is 1. The molecule has 1 aromatic carbocycles. The largest absolute Gasteiger partial charge is 0.394 e. The molecule has 0 aliphatic heterocycles. The standard InChI is InChI=1S/C15H18N2O3S/c1-10-5-6-21-14(10)11-3-2-4-12(7-11)17-15(20)16-8-13(19)9-18/h2-7,13,18-19H,8-9H2,1H3,(H2,16,17,20). The molecule has 5 nitrogen and oxygen atoms in total. The zero-order valence-electron chi connectivity index (χ0n) is 11.7. The summed E-state index contributed by atoms with van der Waals surface area (Å²) in [6.45, 7) is 1.67. The molecule has 1 heterocycles. The van der Waals surface area contributed by atoms with Gasteiger partial charge in [-0.3, -0.25) is 0 Å². The summed E-state index contributed by atoms with van der Waals surface area (Å²) in [6.07, 6.45) is -0.948. The lowest BCUT2D eigenvalue weighted by Crippen LogP contribution is -2.36. The van der Waals surface area contributed by atoms with Gasteiger partial charge in [-0.05, 0) is 41.6 Å². The van der Waals surface area contributed by atoms with Crippen LogP contribution in [0.5, 0.6) is 0 Å². The highest BCUT2D eigenvalue weighted by molar-refractivity contribution is 7.13. The van der Waals surface area contributed by atoms with Crippen LogP contribution in [0.2, 0.25) is 0 Å². The number of aryl methyl sites for hydroxylation is 1. The Bertz CT molecular complexity index is 612. The van der Waals surface area contributed by atoms with E-state index in [1.807, 2.05) is 23.6 Å². The first-order chi connectivity index (χ1) is 10.1. The van der Waals surface area contributed by atoms with Gasteiger partial charge in [-0.25, -0.2) is 4.79 Å². The van der Waals surface area contributed by atoms with Crippen molar-refractivity contribution in [1.29, 1.82) is 0 Å². The summed E-state index contributed by atoms with van der Waals surface area (Å²) < 4.78 is 0. The molecule has 21 heavy (non-hydrogen) atoms. The summed E-state index contributed by atoms with van der Waals surface area (Å²) in [4.78, 5) is 12.9. The number of anilines is 1. The molecule has 1 atom stereocenters. The molecule has 0 saturated heterocycles. The lowest BCUT2D eigenvalue weighted by atomic mass is 10.1. The Morgan fingerprint density at radius 3 is 2.86 bits per heavy atom. The SMILES string of the molecule is Cc1ccsc1-c1cccc(NC(=O)NCC(O)CO)c1. The maximum absolute atomic E-state index is 11.7. The third-order valence-corrected chi connectivity index (χ3v) is 4.02. The number of benzene rings is 1. The Hall–Kier alpha value is -1.89. The molecule has 112 valence electrons. The van der Waals surface area contributed by atoms with Crippen molar-refractivity contribution >= 4 is 23.1 Å². The molecule has 6 heteroatoms. The Balaban J connectivity index is 2.02. The van der Waals surface area contributed by atoms with Gasteiger partial charge in [0.15, 0.2) is 0 Å². The first kappa shape index (κ1) is 15.5. The number of carbonyl (C=O) groups excluding carboxylic acids is 1. The van der Waals surface area contributed by atoms with Crippen LogP contribution in [0.25, 0.3) is 10.4 Å². The normalized spacial score (nSPS) is 12.0. The molecule has 1 unspecified atom stereocenters. The van der Waals surface area contributed by atoms with E-state index >= 15 is 0 Å². The summed E-state index contributed by atoms with van der Waals surface area (Å²) in [6, 6.07) is 9.23. The second-order valence-electron chi connectivity index (χ2n) is 4.68. The van der Waals surface area contributed by atoms with Crippen LogP contribution >= 0.6 is 11.3 Å². The smallest absolute Gasteiger partial charge is 0.319 e. The lowest BCUT2D eigenvalue weighted by Gasteiger charge is -2.11. The Morgan fingerprint density at radius 1 is 1.38 bits per heavy atom. The van der Waals surface area contributed by atoms with Gasteiger partial charge in [0.25, 0.3) is 0 Å². The molecule has 0 spiro atoms. The summed E-state index contributed by atoms with van der Waals surface area (Å²) in [5, 5.41) is 25.1. The maximum Gasteiger partial charge on any atom is 0.319 e. The number of nitrogens with one attached hydrogen (secondary N) is 2. The number of rotatable bonds is 5. The van der Waals surface area contributed by atoms with Crippen molar-refractivity contribution in [3.8, 4) is 10.4 Å². The van der Waals surface area contributed by atoms with E-state index in [1.54, 1.807) is 17.4 Å². The van der Waals surface area contributed by atoms with E-state index in [0.717, 1.165) is 5.56 Å². The average Bonchev–Trinajstić information content (AvgIpc) is 2.91. The summed E-state index contributed by atoms with van der Waals surface area (Å²) >= 11 is 1.66. The van der Waals surface area contributed by atoms with E-state index < -0.39 is 12.1 Å². The molecule has 2 aromatic rings. The molecule has 1 aromatic heterocycles. The Morgan fingerprint density at radius 2 is 2.19 bits per heavy atom. The molecule has 0 saturated carbocycles. The fraction of sp³-hybridized carbons (Fsp3) is 0.267. The Labute approximate surface area is 127 Å². The summed E-state index contributed by atoms with van der Waals surface area (Å²) in [7, 11) is 0. The highest BCUT2D eigenvalue weighted by Gasteiger charge is 2.08. The molecule has 0 aliphatic rings. The number of aliphatic hydroxyl groups excluding tert-OH is 2. The topological polar surface area (TPSA) is 81.6 Å². The monoisotopic (exact) mass is 306 g/mol. The van der Waals surface area contributed by atoms with Gasteiger partial charge in [-0.2, -0.15) is 0 Å². The fourth-order valence-electron chi connectivity index (χ4n) is 1.86. The predicted octanol–water partition coefficient (Wildman–Crippen LogP) is 2.20. The molecular weight excluding hydrogens is 288 g/mol. The molecule has 2 rings (SSSR count). The van der Waals surface area contributed by atoms with Gasteiger partial charge in [0.1, 0.15) is 0 Å². The van der Waals surface area contributed by atoms with Gasteiger partial charge in [-0.15, -0.1) is 11.3 Å². The fourth-order valence-corrected chi connectivity index (χ4v) is 2.78. The van der Waals surface area contributed by atoms with E-state index in [0.29, 0.717) is 5.69 Å². The number of hydrogen-bond donors (Lipinski definition) is 4. The molecule has 0 radical (unpaired) electrons. The maximum atomic E-state index is 11.7. The minimum Gasteiger partial charge on any atom is -0.394 e. The van der Waals surface area contributed by atoms with Crippen LogP contribution in [0.1, 0.15) is 5.56 Å². The van der Waals surface area contributed by atoms with Crippen molar-refractivity contribution in [2.24, 2.45) is 0 Å². The molecular formula is C15H18N2O3S. The van der Waals surface area contributed by atoms with E-state index in [1.165, 1.54) is 10.4 Å². The van der Waals surface area contributed by atoms with E-state index in [4.69, 9.17) is 5.11 Å². The van der Waals surface area contributed by atoms with E-state index in [-0.39, 0.29) is 13.2 Å². The highest BCUT2D eigenvalue weighted by Crippen LogP contribution is 2.30. The average molecular weight is 306 g/mol. The molecule has 0 bridgehead atoms. The molecule has 4 N–H and O–H groups in total. The number of amides is 2. The van der Waals surface area contributed by atoms with Crippen molar-refractivity contribution in [3.05, 3.63) is 41.3 Å². The van der Waals surface area contributed by atoms with E-state index in [9.17, 15) is 9.90 Å². The van der Waals surface area contributed by atoms with Crippen LogP contribution in [0.15, 0.2) is 35.7 Å². The molecule has 0 aliphatic carbocycles. The van der Waals surface area contributed by atoms with Crippen LogP contribution in [0.3, 0.4) is 0 Å². The van der Waals surface area contributed by atoms with Crippen LogP contribution < -0.4 is 10.6 Å². The van der Waals surface area contributed by atoms with Crippen molar-refractivity contribution < 1.29 is 15.0 Å². The number of aliphatic hydroxyl groups is 2. The van der Waals surface area contributed by atoms with Crippen molar-refractivity contribution in [3.63, 3.8) is 0 Å². The second kappa shape index (κ2) is 7.21. The van der Waals surface area contributed by atoms with Crippen molar-refractivity contribution in [2.45, 2.75) is 13.0 Å². The first-order valence-corrected chi connectivity index (χ1v) is 7.46. The minimum atomic E-state index is -0.948. The molecule has 2 amide bonds. The van der Waals surface area contributed by atoms with Crippen molar-refractivity contribution in [1.82, 2.24) is 5.32 Å². The quantitative estimate of drug-likeness (QED) is 0.683. The first-order valence-electron chi connectivity index (χ1n) is 6.58. The van der Waals surface area contributed by atoms with Crippen LogP contribution in [-0.4, -0.2) is 35.5 Å². The van der Waals surface area contributed by atoms with Crippen LogP contribution in [0.4, 0.5) is 10.5 Å². The van der Waals surface area contributed by atoms with E-state index in [2.05, 4.69) is 23.6 Å². The number of urea groups is 1. The number of hydrogen-bond acceptors (Lipinski definition) is 4. The van der Waals surface area contributed by atoms with Crippen molar-refractivity contribution in [2.75, 3.05) is 18.5 Å². The van der Waals surface area contributed by atoms with Crippen LogP contribution in [-0.2, 0) is 0 Å². The third-order valence-electron chi connectivity index (χ3n) is 2.95. The summed E-state index contributed by atoms with van der Waals surface area (Å²) in [5.41, 5.74) is 2.93. The zero-order chi connectivity index (χ0) is 15.2.